The van der Waals surface area contributed by atoms with E-state index in [0.29, 0.717) is 21.8 Å². The second-order valence-corrected chi connectivity index (χ2v) is 8.71. The Kier molecular flexibility index (Phi) is 12.3. The summed E-state index contributed by atoms with van der Waals surface area (Å²) in [5.41, 5.74) is 1.35. The monoisotopic (exact) mass is 485 g/mol. The highest BCUT2D eigenvalue weighted by atomic mass is 32.2. The molecule has 1 aliphatic rings. The number of ketones is 1. The molecule has 3 rings (SSSR count). The average Bonchev–Trinajstić information content (AvgIpc) is 2.75. The number of hydrogen-bond donors (Lipinski definition) is 0. The molecule has 2 aromatic rings. The average molecular weight is 486 g/mol. The Morgan fingerprint density at radius 2 is 1.58 bits per heavy atom. The summed E-state index contributed by atoms with van der Waals surface area (Å²) in [6.07, 6.45) is 4.29. The summed E-state index contributed by atoms with van der Waals surface area (Å²) in [5.74, 6) is -0.596. The van der Waals surface area contributed by atoms with Gasteiger partial charge in [0.25, 0.3) is 0 Å². The molecule has 0 atom stereocenters. The van der Waals surface area contributed by atoms with E-state index in [1.807, 2.05) is 18.4 Å². The zero-order chi connectivity index (χ0) is 22.1. The summed E-state index contributed by atoms with van der Waals surface area (Å²) in [4.78, 5) is 15.1. The smallest absolute Gasteiger partial charge is 0.159 e. The normalized spacial score (nSPS) is 13.0. The van der Waals surface area contributed by atoms with E-state index in [4.69, 9.17) is 17.0 Å². The predicted molar refractivity (Wildman–Crippen MR) is 132 cm³/mol. The molecule has 0 aromatic heterocycles. The lowest BCUT2D eigenvalue weighted by Crippen LogP contribution is -2.40. The first kappa shape index (κ1) is 27.6. The van der Waals surface area contributed by atoms with Gasteiger partial charge in [-0.2, -0.15) is 0 Å². The number of rotatable bonds is 5. The van der Waals surface area contributed by atoms with Crippen LogP contribution in [0.2, 0.25) is 0 Å². The quantitative estimate of drug-likeness (QED) is 0.287. The Balaban J connectivity index is 0.000000324. The number of thioether (sulfide) groups is 2. The summed E-state index contributed by atoms with van der Waals surface area (Å²) in [7, 11) is 0. The van der Waals surface area contributed by atoms with Gasteiger partial charge in [0.1, 0.15) is 11.6 Å². The zero-order valence-corrected chi connectivity index (χ0v) is 19.7. The van der Waals surface area contributed by atoms with E-state index < -0.39 is 0 Å². The Labute approximate surface area is 197 Å². The summed E-state index contributed by atoms with van der Waals surface area (Å²) in [6.45, 7) is 4.54. The highest BCUT2D eigenvalue weighted by molar-refractivity contribution is 7.98. The first-order valence-corrected chi connectivity index (χ1v) is 12.2. The molecule has 0 spiro atoms. The van der Waals surface area contributed by atoms with Gasteiger partial charge in [-0.15, -0.1) is 23.5 Å². The maximum absolute atomic E-state index is 13.6. The maximum Gasteiger partial charge on any atom is 0.159 e. The van der Waals surface area contributed by atoms with Crippen molar-refractivity contribution in [3.63, 3.8) is 0 Å². The van der Waals surface area contributed by atoms with Crippen molar-refractivity contribution in [1.82, 2.24) is 4.90 Å². The van der Waals surface area contributed by atoms with Gasteiger partial charge in [-0.1, -0.05) is 31.8 Å². The van der Waals surface area contributed by atoms with Gasteiger partial charge in [-0.05, 0) is 49.3 Å². The van der Waals surface area contributed by atoms with E-state index in [2.05, 4.69) is 4.90 Å². The van der Waals surface area contributed by atoms with Gasteiger partial charge in [0.2, 0.25) is 0 Å². The van der Waals surface area contributed by atoms with Crippen molar-refractivity contribution in [2.24, 2.45) is 0 Å². The van der Waals surface area contributed by atoms with Crippen LogP contribution in [0.15, 0.2) is 46.2 Å². The van der Waals surface area contributed by atoms with Crippen LogP contribution in [-0.4, -0.2) is 54.5 Å². The van der Waals surface area contributed by atoms with Crippen LogP contribution in [0.5, 0.6) is 0 Å². The third-order valence-electron chi connectivity index (χ3n) is 4.49. The topological polar surface area (TPSA) is 29.5 Å². The molecule has 170 valence electrons. The molecule has 0 aliphatic carbocycles. The van der Waals surface area contributed by atoms with E-state index in [-0.39, 0.29) is 24.8 Å². The largest absolute Gasteiger partial charge is 0.378 e. The van der Waals surface area contributed by atoms with Crippen LogP contribution in [-0.2, 0) is 11.2 Å². The Bertz CT molecular complexity index is 887. The molecule has 0 amide bonds. The number of halogens is 2. The van der Waals surface area contributed by atoms with Gasteiger partial charge in [-0.25, -0.2) is 8.78 Å². The molecule has 3 nitrogen and oxygen atoms in total. The fourth-order valence-electron chi connectivity index (χ4n) is 2.80. The van der Waals surface area contributed by atoms with Gasteiger partial charge in [0, 0.05) is 34.9 Å². The van der Waals surface area contributed by atoms with Crippen LogP contribution >= 0.6 is 35.7 Å². The Hall–Kier alpha value is -1.48. The second-order valence-electron chi connectivity index (χ2n) is 6.54. The zero-order valence-electron chi connectivity index (χ0n) is 17.2. The molecule has 31 heavy (non-hydrogen) atoms. The van der Waals surface area contributed by atoms with Crippen LogP contribution in [0.4, 0.5) is 8.78 Å². The van der Waals surface area contributed by atoms with Crippen LogP contribution in [0.1, 0.15) is 30.3 Å². The Morgan fingerprint density at radius 1 is 1.03 bits per heavy atom. The molecule has 1 fully saturated rings. The molecule has 0 bridgehead atoms. The summed E-state index contributed by atoms with van der Waals surface area (Å²) in [6, 6.07) is 9.87. The number of Topliss-reactive ketones (excluding diaryl/α,β-unsaturated/α-hetero) is 1. The number of hydrogen-bond acceptors (Lipinski definition) is 5. The van der Waals surface area contributed by atoms with Gasteiger partial charge in [0.15, 0.2) is 5.78 Å². The lowest BCUT2D eigenvalue weighted by Gasteiger charge is -2.29. The van der Waals surface area contributed by atoms with Gasteiger partial charge < -0.3 is 9.64 Å². The first-order valence-electron chi connectivity index (χ1n) is 9.38. The fraction of sp³-hybridized carbons (Fsp3) is 0.391. The van der Waals surface area contributed by atoms with Crippen LogP contribution in [0.3, 0.4) is 0 Å². The lowest BCUT2D eigenvalue weighted by molar-refractivity contribution is 0.0684. The van der Waals surface area contributed by atoms with Crippen molar-refractivity contribution in [2.75, 3.05) is 38.8 Å². The maximum atomic E-state index is 13.6. The molecule has 1 aliphatic heterocycles. The summed E-state index contributed by atoms with van der Waals surface area (Å²) in [5, 5.41) is 0. The summed E-state index contributed by atoms with van der Waals surface area (Å²) < 4.78 is 32.0. The van der Waals surface area contributed by atoms with E-state index in [1.54, 1.807) is 24.5 Å². The molecular weight excluding hydrogens is 456 g/mol. The van der Waals surface area contributed by atoms with Crippen molar-refractivity contribution >= 4 is 46.5 Å². The SMILES string of the molecule is C.CSc1ccc(C(C)=O)cc1F.CSc1ccc(CC(=S)N2CCOCC2)cc1F. The van der Waals surface area contributed by atoms with Crippen LogP contribution in [0.25, 0.3) is 0 Å². The minimum Gasteiger partial charge on any atom is -0.378 e. The number of benzene rings is 2. The number of thiocarbonyl (C=S) groups is 1. The van der Waals surface area contributed by atoms with E-state index in [9.17, 15) is 13.6 Å². The third-order valence-corrected chi connectivity index (χ3v) is 6.44. The molecule has 0 saturated carbocycles. The standard InChI is InChI=1S/C13H16FNOS2.C9H9FOS.CH4/c1-18-12-3-2-10(8-11(12)14)9-13(17)15-4-6-16-7-5-15;1-6(11)7-3-4-9(12-2)8(10)5-7;/h2-3,8H,4-7,9H2,1H3;3-5H,1-2H3;1H4. The lowest BCUT2D eigenvalue weighted by atomic mass is 10.1. The van der Waals surface area contributed by atoms with Crippen molar-refractivity contribution < 1.29 is 18.3 Å². The van der Waals surface area contributed by atoms with Crippen LogP contribution < -0.4 is 0 Å². The molecule has 1 saturated heterocycles. The van der Waals surface area contributed by atoms with Gasteiger partial charge in [-0.3, -0.25) is 4.79 Å². The third kappa shape index (κ3) is 8.52. The molecule has 2 aromatic carbocycles. The van der Waals surface area contributed by atoms with Gasteiger partial charge >= 0.3 is 0 Å². The summed E-state index contributed by atoms with van der Waals surface area (Å²) >= 11 is 8.15. The molecule has 0 unspecified atom stereocenters. The minimum absolute atomic E-state index is 0. The number of carbonyl (C=O) groups excluding carboxylic acids is 1. The molecule has 0 N–H and O–H groups in total. The second kappa shape index (κ2) is 13.8. The highest BCUT2D eigenvalue weighted by Gasteiger charge is 2.14. The number of nitrogens with zero attached hydrogens (tertiary/aromatic N) is 1. The number of carbonyl (C=O) groups is 1. The fourth-order valence-corrected chi connectivity index (χ4v) is 4.07. The van der Waals surface area contributed by atoms with Crippen LogP contribution in [0, 0.1) is 11.6 Å². The van der Waals surface area contributed by atoms with E-state index in [0.717, 1.165) is 36.9 Å². The molecule has 8 heteroatoms. The first-order chi connectivity index (χ1) is 14.3. The van der Waals surface area contributed by atoms with Gasteiger partial charge in [0.05, 0.1) is 18.2 Å². The minimum atomic E-state index is -0.324. The van der Waals surface area contributed by atoms with Crippen molar-refractivity contribution in [2.45, 2.75) is 30.6 Å². The van der Waals surface area contributed by atoms with E-state index in [1.165, 1.54) is 36.5 Å². The van der Waals surface area contributed by atoms with E-state index >= 15 is 0 Å². The molecular formula is C23H29F2NO2S3. The number of morpholine rings is 1. The predicted octanol–water partition coefficient (Wildman–Crippen LogP) is 6.14. The van der Waals surface area contributed by atoms with Crippen molar-refractivity contribution in [1.29, 1.82) is 0 Å². The molecule has 0 radical (unpaired) electrons. The highest BCUT2D eigenvalue weighted by Crippen LogP contribution is 2.21. The Morgan fingerprint density at radius 3 is 2.06 bits per heavy atom. The molecule has 1 heterocycles. The number of ether oxygens (including phenoxy) is 1. The van der Waals surface area contributed by atoms with Crippen molar-refractivity contribution in [3.8, 4) is 0 Å². The van der Waals surface area contributed by atoms with Crippen molar-refractivity contribution in [3.05, 3.63) is 59.2 Å².